The van der Waals surface area contributed by atoms with E-state index < -0.39 is 6.04 Å². The zero-order valence-electron chi connectivity index (χ0n) is 15.3. The second-order valence-corrected chi connectivity index (χ2v) is 6.81. The van der Waals surface area contributed by atoms with E-state index in [1.807, 2.05) is 42.1 Å². The first-order valence-electron chi connectivity index (χ1n) is 8.66. The van der Waals surface area contributed by atoms with E-state index in [1.54, 1.807) is 37.6 Å². The number of carbonyl (C=O) groups excluding carboxylic acids is 1. The van der Waals surface area contributed by atoms with Gasteiger partial charge in [0, 0.05) is 29.9 Å². The number of nitrogens with zero attached hydrogens (tertiary/aromatic N) is 2. The number of aryl methyl sites for hydroxylation is 1. The first kappa shape index (κ1) is 18.1. The molecule has 0 saturated heterocycles. The van der Waals surface area contributed by atoms with Crippen molar-refractivity contribution in [1.82, 2.24) is 14.9 Å². The zero-order valence-corrected chi connectivity index (χ0v) is 16.1. The summed E-state index contributed by atoms with van der Waals surface area (Å²) in [6.07, 6.45) is 3.52. The minimum absolute atomic E-state index is 0.208. The van der Waals surface area contributed by atoms with Crippen molar-refractivity contribution in [2.45, 2.75) is 6.04 Å². The first-order valence-corrected chi connectivity index (χ1v) is 9.04. The lowest BCUT2D eigenvalue weighted by Crippen LogP contribution is -2.30. The second kappa shape index (κ2) is 7.40. The number of nitrogens with one attached hydrogen (secondary N) is 1. The highest BCUT2D eigenvalue weighted by Crippen LogP contribution is 2.26. The number of halogens is 1. The maximum Gasteiger partial charge on any atom is 0.287 e. The molecule has 0 aliphatic rings. The van der Waals surface area contributed by atoms with E-state index in [-0.39, 0.29) is 11.7 Å². The smallest absolute Gasteiger partial charge is 0.287 e. The number of imidazole rings is 1. The fraction of sp³-hybridized carbons (Fsp3) is 0.143. The molecule has 0 bridgehead atoms. The highest BCUT2D eigenvalue weighted by Gasteiger charge is 2.23. The Morgan fingerprint density at radius 2 is 2.11 bits per heavy atom. The number of rotatable bonds is 5. The summed E-state index contributed by atoms with van der Waals surface area (Å²) in [6, 6.07) is 13.9. The Hall–Kier alpha value is -3.25. The Morgan fingerprint density at radius 3 is 2.86 bits per heavy atom. The third-order valence-corrected chi connectivity index (χ3v) is 4.76. The SMILES string of the molecule is COc1cccc(C(NC(=O)c2cc3cc(Cl)ccc3o2)c2nccn2C)c1. The number of hydrogen-bond acceptors (Lipinski definition) is 4. The van der Waals surface area contributed by atoms with E-state index in [0.29, 0.717) is 22.2 Å². The highest BCUT2D eigenvalue weighted by atomic mass is 35.5. The van der Waals surface area contributed by atoms with Crippen molar-refractivity contribution < 1.29 is 13.9 Å². The molecule has 2 aromatic heterocycles. The average molecular weight is 396 g/mol. The minimum Gasteiger partial charge on any atom is -0.497 e. The van der Waals surface area contributed by atoms with Gasteiger partial charge in [0.15, 0.2) is 5.76 Å². The van der Waals surface area contributed by atoms with Crippen molar-refractivity contribution >= 4 is 28.5 Å². The van der Waals surface area contributed by atoms with Crippen molar-refractivity contribution in [3.8, 4) is 5.75 Å². The predicted octanol–water partition coefficient (Wildman–Crippen LogP) is 4.35. The molecule has 0 aliphatic carbocycles. The van der Waals surface area contributed by atoms with Gasteiger partial charge in [-0.2, -0.15) is 0 Å². The van der Waals surface area contributed by atoms with Crippen LogP contribution in [-0.2, 0) is 7.05 Å². The summed E-state index contributed by atoms with van der Waals surface area (Å²) in [5.41, 5.74) is 1.45. The maximum absolute atomic E-state index is 12.9. The van der Waals surface area contributed by atoms with E-state index >= 15 is 0 Å². The molecule has 0 fully saturated rings. The highest BCUT2D eigenvalue weighted by molar-refractivity contribution is 6.31. The zero-order chi connectivity index (χ0) is 19.7. The number of furan rings is 1. The van der Waals surface area contributed by atoms with Gasteiger partial charge < -0.3 is 19.0 Å². The molecule has 2 heterocycles. The number of benzene rings is 2. The van der Waals surface area contributed by atoms with Gasteiger partial charge in [-0.3, -0.25) is 4.79 Å². The summed E-state index contributed by atoms with van der Waals surface area (Å²) in [5.74, 6) is 1.26. The number of ether oxygens (including phenoxy) is 1. The summed E-state index contributed by atoms with van der Waals surface area (Å²) >= 11 is 6.02. The maximum atomic E-state index is 12.9. The van der Waals surface area contributed by atoms with Gasteiger partial charge in [-0.1, -0.05) is 23.7 Å². The molecule has 1 amide bonds. The fourth-order valence-corrected chi connectivity index (χ4v) is 3.28. The number of aromatic nitrogens is 2. The van der Waals surface area contributed by atoms with E-state index in [2.05, 4.69) is 10.3 Å². The number of carbonyl (C=O) groups is 1. The fourth-order valence-electron chi connectivity index (χ4n) is 3.10. The van der Waals surface area contributed by atoms with Crippen LogP contribution in [0.5, 0.6) is 5.75 Å². The molecular formula is C21H18ClN3O3. The van der Waals surface area contributed by atoms with Gasteiger partial charge in [-0.05, 0) is 42.0 Å². The monoisotopic (exact) mass is 395 g/mol. The van der Waals surface area contributed by atoms with Crippen LogP contribution in [0.4, 0.5) is 0 Å². The molecule has 4 rings (SSSR count). The molecular weight excluding hydrogens is 378 g/mol. The van der Waals surface area contributed by atoms with Crippen LogP contribution >= 0.6 is 11.6 Å². The molecule has 0 spiro atoms. The van der Waals surface area contributed by atoms with Crippen LogP contribution < -0.4 is 10.1 Å². The van der Waals surface area contributed by atoms with Gasteiger partial charge in [0.25, 0.3) is 5.91 Å². The van der Waals surface area contributed by atoms with Gasteiger partial charge in [0.2, 0.25) is 0 Å². The van der Waals surface area contributed by atoms with Crippen LogP contribution in [0, 0.1) is 0 Å². The van der Waals surface area contributed by atoms with Crippen molar-refractivity contribution in [1.29, 1.82) is 0 Å². The number of hydrogen-bond donors (Lipinski definition) is 1. The van der Waals surface area contributed by atoms with E-state index in [1.165, 1.54) is 0 Å². The molecule has 0 aliphatic heterocycles. The van der Waals surface area contributed by atoms with Crippen molar-refractivity contribution in [2.75, 3.05) is 7.11 Å². The Labute approximate surface area is 166 Å². The predicted molar refractivity (Wildman–Crippen MR) is 107 cm³/mol. The molecule has 6 nitrogen and oxygen atoms in total. The molecule has 1 atom stereocenters. The second-order valence-electron chi connectivity index (χ2n) is 6.37. The Kier molecular flexibility index (Phi) is 4.79. The molecule has 7 heteroatoms. The molecule has 2 aromatic carbocycles. The average Bonchev–Trinajstić information content (AvgIpc) is 3.31. The van der Waals surface area contributed by atoms with Gasteiger partial charge in [0.05, 0.1) is 7.11 Å². The Bertz CT molecular complexity index is 1150. The quantitative estimate of drug-likeness (QED) is 0.545. The Morgan fingerprint density at radius 1 is 1.25 bits per heavy atom. The van der Waals surface area contributed by atoms with E-state index in [0.717, 1.165) is 10.9 Å². The number of amides is 1. The molecule has 4 aromatic rings. The molecule has 0 radical (unpaired) electrons. The van der Waals surface area contributed by atoms with Gasteiger partial charge in [-0.25, -0.2) is 4.98 Å². The van der Waals surface area contributed by atoms with E-state index in [9.17, 15) is 4.79 Å². The lowest BCUT2D eigenvalue weighted by Gasteiger charge is -2.19. The van der Waals surface area contributed by atoms with Crippen molar-refractivity contribution in [2.24, 2.45) is 7.05 Å². The summed E-state index contributed by atoms with van der Waals surface area (Å²) in [4.78, 5) is 17.3. The number of fused-ring (bicyclic) bond motifs is 1. The standard InChI is InChI=1S/C21H18ClN3O3/c1-25-9-8-23-20(25)19(13-4-3-5-16(11-13)27-2)24-21(26)18-12-14-10-15(22)6-7-17(14)28-18/h3-12,19H,1-2H3,(H,24,26). The topological polar surface area (TPSA) is 69.3 Å². The van der Waals surface area contributed by atoms with Gasteiger partial charge in [0.1, 0.15) is 23.2 Å². The van der Waals surface area contributed by atoms with Gasteiger partial charge >= 0.3 is 0 Å². The van der Waals surface area contributed by atoms with Crippen LogP contribution in [-0.4, -0.2) is 22.6 Å². The van der Waals surface area contributed by atoms with E-state index in [4.69, 9.17) is 20.8 Å². The van der Waals surface area contributed by atoms with Crippen molar-refractivity contribution in [3.05, 3.63) is 83.1 Å². The molecule has 142 valence electrons. The third kappa shape index (κ3) is 3.46. The van der Waals surface area contributed by atoms with Crippen LogP contribution in [0.1, 0.15) is 28.0 Å². The van der Waals surface area contributed by atoms with Crippen LogP contribution in [0.3, 0.4) is 0 Å². The molecule has 28 heavy (non-hydrogen) atoms. The summed E-state index contributed by atoms with van der Waals surface area (Å²) in [6.45, 7) is 0. The van der Waals surface area contributed by atoms with Crippen molar-refractivity contribution in [3.63, 3.8) is 0 Å². The molecule has 1 unspecified atom stereocenters. The minimum atomic E-state index is -0.473. The third-order valence-electron chi connectivity index (χ3n) is 4.52. The Balaban J connectivity index is 1.70. The summed E-state index contributed by atoms with van der Waals surface area (Å²) in [5, 5.41) is 4.37. The lowest BCUT2D eigenvalue weighted by atomic mass is 10.1. The van der Waals surface area contributed by atoms with Gasteiger partial charge in [-0.15, -0.1) is 0 Å². The largest absolute Gasteiger partial charge is 0.497 e. The molecule has 0 saturated carbocycles. The van der Waals surface area contributed by atoms with Crippen LogP contribution in [0.2, 0.25) is 5.02 Å². The first-order chi connectivity index (χ1) is 13.5. The number of methoxy groups -OCH3 is 1. The van der Waals surface area contributed by atoms with Crippen LogP contribution in [0.15, 0.2) is 65.3 Å². The normalized spacial score (nSPS) is 12.1. The van der Waals surface area contributed by atoms with Crippen LogP contribution in [0.25, 0.3) is 11.0 Å². The summed E-state index contributed by atoms with van der Waals surface area (Å²) in [7, 11) is 3.48. The molecule has 1 N–H and O–H groups in total. The lowest BCUT2D eigenvalue weighted by molar-refractivity contribution is 0.0915. The summed E-state index contributed by atoms with van der Waals surface area (Å²) < 4.78 is 12.9.